The van der Waals surface area contributed by atoms with Crippen molar-refractivity contribution in [1.29, 1.82) is 0 Å². The molecule has 0 bridgehead atoms. The molecule has 4 rings (SSSR count). The van der Waals surface area contributed by atoms with Gasteiger partial charge in [0.25, 0.3) is 5.91 Å². The van der Waals surface area contributed by atoms with Crippen molar-refractivity contribution in [1.82, 2.24) is 10.3 Å². The molecule has 7 heteroatoms. The second-order valence-corrected chi connectivity index (χ2v) is 8.06. The molecule has 168 valence electrons. The van der Waals surface area contributed by atoms with E-state index in [-0.39, 0.29) is 11.0 Å². The van der Waals surface area contributed by atoms with Gasteiger partial charge in [0.1, 0.15) is 11.3 Å². The molecule has 1 heterocycles. The summed E-state index contributed by atoms with van der Waals surface area (Å²) in [5.74, 6) is 0.882. The number of benzene rings is 3. The van der Waals surface area contributed by atoms with Gasteiger partial charge < -0.3 is 14.5 Å². The van der Waals surface area contributed by atoms with Crippen LogP contribution in [0.25, 0.3) is 22.6 Å². The Labute approximate surface area is 198 Å². The van der Waals surface area contributed by atoms with E-state index in [0.29, 0.717) is 23.8 Å². The number of anilines is 1. The van der Waals surface area contributed by atoms with Crippen LogP contribution in [0.5, 0.6) is 5.75 Å². The molecule has 0 spiro atoms. The maximum atomic E-state index is 12.7. The zero-order valence-electron chi connectivity index (χ0n) is 18.6. The first-order valence-electron chi connectivity index (χ1n) is 10.9. The molecular formula is C26H25N3O3S. The number of nitrogens with one attached hydrogen (secondary N) is 2. The summed E-state index contributed by atoms with van der Waals surface area (Å²) in [7, 11) is 0. The van der Waals surface area contributed by atoms with Gasteiger partial charge in [0.2, 0.25) is 5.89 Å². The molecule has 1 aromatic heterocycles. The molecule has 6 nitrogen and oxygen atoms in total. The number of thiocarbonyl (C=S) groups is 1. The Morgan fingerprint density at radius 3 is 2.76 bits per heavy atom. The van der Waals surface area contributed by atoms with E-state index in [2.05, 4.69) is 22.5 Å². The number of carbonyl (C=O) groups excluding carboxylic acids is 1. The third-order valence-electron chi connectivity index (χ3n) is 5.12. The van der Waals surface area contributed by atoms with Crippen molar-refractivity contribution in [3.8, 4) is 17.2 Å². The second-order valence-electron chi connectivity index (χ2n) is 7.65. The third kappa shape index (κ3) is 5.56. The van der Waals surface area contributed by atoms with E-state index in [1.807, 2.05) is 55.5 Å². The Morgan fingerprint density at radius 1 is 1.09 bits per heavy atom. The number of nitrogens with zero attached hydrogens (tertiary/aromatic N) is 1. The van der Waals surface area contributed by atoms with E-state index < -0.39 is 0 Å². The van der Waals surface area contributed by atoms with E-state index >= 15 is 0 Å². The third-order valence-corrected chi connectivity index (χ3v) is 5.32. The minimum absolute atomic E-state index is 0.204. The number of rotatable bonds is 7. The highest BCUT2D eigenvalue weighted by molar-refractivity contribution is 7.80. The van der Waals surface area contributed by atoms with E-state index in [1.54, 1.807) is 18.2 Å². The monoisotopic (exact) mass is 459 g/mol. The highest BCUT2D eigenvalue weighted by Gasteiger charge is 2.13. The average molecular weight is 460 g/mol. The minimum atomic E-state index is -0.304. The molecule has 4 aromatic rings. The standard InChI is InChI=1S/C26H25N3O3S/c1-3-4-14-31-20-9-7-8-18(15-20)24(30)29-26(33)28-22-16-19(13-12-17(22)2)25-27-21-10-5-6-11-23(21)32-25/h5-13,15-16H,3-4,14H2,1-2H3,(H2,28,29,30,33). The number of fused-ring (bicyclic) bond motifs is 1. The fourth-order valence-corrected chi connectivity index (χ4v) is 3.48. The number of para-hydroxylation sites is 2. The molecular weight excluding hydrogens is 434 g/mol. The van der Waals surface area contributed by atoms with Gasteiger partial charge in [-0.3, -0.25) is 10.1 Å². The highest BCUT2D eigenvalue weighted by atomic mass is 32.1. The van der Waals surface area contributed by atoms with Crippen molar-refractivity contribution in [3.05, 3.63) is 77.9 Å². The number of aryl methyl sites for hydroxylation is 1. The van der Waals surface area contributed by atoms with Gasteiger partial charge in [0, 0.05) is 16.8 Å². The van der Waals surface area contributed by atoms with Crippen molar-refractivity contribution < 1.29 is 13.9 Å². The number of ether oxygens (including phenoxy) is 1. The molecule has 0 aliphatic carbocycles. The van der Waals surface area contributed by atoms with Crippen molar-refractivity contribution in [2.24, 2.45) is 0 Å². The molecule has 0 aliphatic rings. The summed E-state index contributed by atoms with van der Waals surface area (Å²) in [6.07, 6.45) is 2.01. The lowest BCUT2D eigenvalue weighted by Gasteiger charge is -2.13. The Kier molecular flexibility index (Phi) is 7.00. The molecule has 33 heavy (non-hydrogen) atoms. The second kappa shape index (κ2) is 10.3. The van der Waals surface area contributed by atoms with E-state index in [9.17, 15) is 4.79 Å². The van der Waals surface area contributed by atoms with E-state index in [1.165, 1.54) is 0 Å². The van der Waals surface area contributed by atoms with Crippen molar-refractivity contribution in [3.63, 3.8) is 0 Å². The lowest BCUT2D eigenvalue weighted by molar-refractivity contribution is 0.0977. The molecule has 0 unspecified atom stereocenters. The summed E-state index contributed by atoms with van der Waals surface area (Å²) in [5, 5.41) is 6.05. The SMILES string of the molecule is CCCCOc1cccc(C(=O)NC(=S)Nc2cc(-c3nc4ccccc4o3)ccc2C)c1. The van der Waals surface area contributed by atoms with Crippen LogP contribution in [-0.2, 0) is 0 Å². The molecule has 0 saturated heterocycles. The molecule has 3 aromatic carbocycles. The molecule has 0 aliphatic heterocycles. The highest BCUT2D eigenvalue weighted by Crippen LogP contribution is 2.28. The Hall–Kier alpha value is -3.71. The molecule has 1 amide bonds. The lowest BCUT2D eigenvalue weighted by Crippen LogP contribution is -2.34. The van der Waals surface area contributed by atoms with Crippen LogP contribution in [0.15, 0.2) is 71.1 Å². The first kappa shape index (κ1) is 22.5. The summed E-state index contributed by atoms with van der Waals surface area (Å²) in [5.41, 5.74) is 4.54. The topological polar surface area (TPSA) is 76.4 Å². The van der Waals surface area contributed by atoms with E-state index in [4.69, 9.17) is 21.4 Å². The number of carbonyl (C=O) groups is 1. The largest absolute Gasteiger partial charge is 0.494 e. The van der Waals surface area contributed by atoms with Crippen molar-refractivity contribution >= 4 is 40.0 Å². The first-order chi connectivity index (χ1) is 16.0. The van der Waals surface area contributed by atoms with Gasteiger partial charge in [0.15, 0.2) is 10.7 Å². The van der Waals surface area contributed by atoms with Crippen molar-refractivity contribution in [2.75, 3.05) is 11.9 Å². The van der Waals surface area contributed by atoms with Crippen LogP contribution in [0.3, 0.4) is 0 Å². The Balaban J connectivity index is 1.44. The minimum Gasteiger partial charge on any atom is -0.494 e. The van der Waals surface area contributed by atoms with Gasteiger partial charge >= 0.3 is 0 Å². The number of oxazole rings is 1. The number of hydrogen-bond donors (Lipinski definition) is 2. The smallest absolute Gasteiger partial charge is 0.257 e. The fourth-order valence-electron chi connectivity index (χ4n) is 3.28. The van der Waals surface area contributed by atoms with Crippen LogP contribution in [0.4, 0.5) is 5.69 Å². The zero-order chi connectivity index (χ0) is 23.2. The molecule has 0 radical (unpaired) electrons. The number of unbranched alkanes of at least 4 members (excludes halogenated alkanes) is 1. The van der Waals surface area contributed by atoms with Gasteiger partial charge in [-0.05, 0) is 73.6 Å². The Morgan fingerprint density at radius 2 is 1.94 bits per heavy atom. The summed E-state index contributed by atoms with van der Waals surface area (Å²) in [6, 6.07) is 20.5. The van der Waals surface area contributed by atoms with Gasteiger partial charge in [-0.1, -0.05) is 37.6 Å². The molecule has 0 fully saturated rings. The van der Waals surface area contributed by atoms with Crippen LogP contribution in [0.2, 0.25) is 0 Å². The Bertz CT molecular complexity index is 1270. The molecule has 0 saturated carbocycles. The average Bonchev–Trinajstić information content (AvgIpc) is 3.25. The van der Waals surface area contributed by atoms with Crippen molar-refractivity contribution in [2.45, 2.75) is 26.7 Å². The summed E-state index contributed by atoms with van der Waals surface area (Å²) < 4.78 is 11.6. The predicted molar refractivity (Wildman–Crippen MR) is 135 cm³/mol. The maximum Gasteiger partial charge on any atom is 0.257 e. The van der Waals surface area contributed by atoms with Crippen LogP contribution in [0.1, 0.15) is 35.7 Å². The quantitative estimate of drug-likeness (QED) is 0.257. The van der Waals surface area contributed by atoms with Crippen LogP contribution >= 0.6 is 12.2 Å². The summed E-state index contributed by atoms with van der Waals surface area (Å²) in [4.78, 5) is 17.2. The number of aromatic nitrogens is 1. The van der Waals surface area contributed by atoms with Gasteiger partial charge in [-0.2, -0.15) is 0 Å². The lowest BCUT2D eigenvalue weighted by atomic mass is 10.1. The normalized spacial score (nSPS) is 10.7. The number of amides is 1. The molecule has 0 atom stereocenters. The predicted octanol–water partition coefficient (Wildman–Crippen LogP) is 6.11. The summed E-state index contributed by atoms with van der Waals surface area (Å²) >= 11 is 5.39. The maximum absolute atomic E-state index is 12.7. The number of hydrogen-bond acceptors (Lipinski definition) is 5. The van der Waals surface area contributed by atoms with Gasteiger partial charge in [-0.25, -0.2) is 4.98 Å². The zero-order valence-corrected chi connectivity index (χ0v) is 19.4. The summed E-state index contributed by atoms with van der Waals surface area (Å²) in [6.45, 7) is 4.68. The fraction of sp³-hybridized carbons (Fsp3) is 0.192. The van der Waals surface area contributed by atoms with Crippen LogP contribution in [0, 0.1) is 6.92 Å². The van der Waals surface area contributed by atoms with Gasteiger partial charge in [0.05, 0.1) is 6.61 Å². The molecule has 2 N–H and O–H groups in total. The van der Waals surface area contributed by atoms with E-state index in [0.717, 1.165) is 40.8 Å². The van der Waals surface area contributed by atoms with Crippen LogP contribution < -0.4 is 15.4 Å². The first-order valence-corrected chi connectivity index (χ1v) is 11.3. The van der Waals surface area contributed by atoms with Crippen LogP contribution in [-0.4, -0.2) is 22.6 Å². The van der Waals surface area contributed by atoms with Gasteiger partial charge in [-0.15, -0.1) is 0 Å².